The summed E-state index contributed by atoms with van der Waals surface area (Å²) in [7, 11) is -7.11. The van der Waals surface area contributed by atoms with Crippen molar-refractivity contribution in [2.24, 2.45) is 0 Å². The molecular formula is C10H16N4O5S2. The molecule has 2 N–H and O–H groups in total. The summed E-state index contributed by atoms with van der Waals surface area (Å²) in [5.74, 6) is -0.142. The summed E-state index contributed by atoms with van der Waals surface area (Å²) in [5.41, 5.74) is 0. The average Bonchev–Trinajstić information content (AvgIpc) is 3.07. The van der Waals surface area contributed by atoms with Crippen molar-refractivity contribution in [1.29, 1.82) is 0 Å². The van der Waals surface area contributed by atoms with Crippen LogP contribution in [0.4, 0.5) is 6.01 Å². The molecule has 1 aromatic heterocycles. The second-order valence-corrected chi connectivity index (χ2v) is 9.46. The highest BCUT2D eigenvalue weighted by Crippen LogP contribution is 2.25. The van der Waals surface area contributed by atoms with E-state index in [4.69, 9.17) is 4.42 Å². The number of rotatable bonds is 4. The van der Waals surface area contributed by atoms with E-state index in [9.17, 15) is 16.8 Å². The summed E-state index contributed by atoms with van der Waals surface area (Å²) in [6, 6.07) is -0.273. The van der Waals surface area contributed by atoms with Crippen LogP contribution in [-0.4, -0.2) is 50.3 Å². The van der Waals surface area contributed by atoms with Crippen molar-refractivity contribution in [2.45, 2.75) is 30.6 Å². The third kappa shape index (κ3) is 3.19. The van der Waals surface area contributed by atoms with Gasteiger partial charge in [-0.3, -0.25) is 0 Å². The first-order valence-electron chi connectivity index (χ1n) is 6.64. The molecule has 2 aliphatic rings. The van der Waals surface area contributed by atoms with E-state index in [0.29, 0.717) is 5.89 Å². The van der Waals surface area contributed by atoms with Crippen molar-refractivity contribution in [3.8, 4) is 0 Å². The van der Waals surface area contributed by atoms with Crippen molar-refractivity contribution >= 4 is 25.9 Å². The summed E-state index contributed by atoms with van der Waals surface area (Å²) in [5, 5.41) is 9.66. The van der Waals surface area contributed by atoms with Gasteiger partial charge in [-0.05, 0) is 25.8 Å². The van der Waals surface area contributed by atoms with Crippen LogP contribution in [0, 0.1) is 0 Å². The first-order valence-corrected chi connectivity index (χ1v) is 10.0. The van der Waals surface area contributed by atoms with E-state index in [-0.39, 0.29) is 30.0 Å². The number of aromatic nitrogens is 2. The van der Waals surface area contributed by atoms with Gasteiger partial charge in [-0.2, -0.15) is 0 Å². The fraction of sp³-hybridized carbons (Fsp3) is 0.800. The topological polar surface area (TPSA) is 131 Å². The standard InChI is InChI=1S/C10H16N4O5S2/c15-20(16)5-3-7(6-20)21(17,18)14-10-13-12-9(19-10)8-2-1-4-11-8/h7-8,11H,1-6H2,(H,13,14). The number of anilines is 1. The Kier molecular flexibility index (Phi) is 3.66. The number of sulfonamides is 1. The second kappa shape index (κ2) is 5.21. The van der Waals surface area contributed by atoms with E-state index in [1.165, 1.54) is 0 Å². The fourth-order valence-corrected chi connectivity index (χ4v) is 6.47. The Balaban J connectivity index is 1.71. The molecule has 3 rings (SSSR count). The molecule has 2 aliphatic heterocycles. The molecule has 21 heavy (non-hydrogen) atoms. The van der Waals surface area contributed by atoms with Crippen molar-refractivity contribution in [3.63, 3.8) is 0 Å². The van der Waals surface area contributed by atoms with Gasteiger partial charge in [0.15, 0.2) is 9.84 Å². The third-order valence-electron chi connectivity index (χ3n) is 3.66. The molecule has 0 amide bonds. The van der Waals surface area contributed by atoms with Gasteiger partial charge < -0.3 is 9.73 Å². The smallest absolute Gasteiger partial charge is 0.329 e. The molecule has 2 saturated heterocycles. The largest absolute Gasteiger partial charge is 0.406 e. The Morgan fingerprint density at radius 1 is 1.29 bits per heavy atom. The highest BCUT2D eigenvalue weighted by Gasteiger charge is 2.38. The van der Waals surface area contributed by atoms with Gasteiger partial charge in [-0.25, -0.2) is 21.6 Å². The van der Waals surface area contributed by atoms with E-state index in [0.717, 1.165) is 19.4 Å². The maximum atomic E-state index is 12.1. The molecule has 0 spiro atoms. The quantitative estimate of drug-likeness (QED) is 0.747. The highest BCUT2D eigenvalue weighted by molar-refractivity contribution is 7.97. The molecule has 0 aliphatic carbocycles. The average molecular weight is 336 g/mol. The first kappa shape index (κ1) is 14.7. The van der Waals surface area contributed by atoms with Gasteiger partial charge in [-0.1, -0.05) is 5.10 Å². The summed E-state index contributed by atoms with van der Waals surface area (Å²) in [6.45, 7) is 0.855. The Bertz CT molecular complexity index is 720. The molecule has 1 aromatic rings. The van der Waals surface area contributed by atoms with Crippen molar-refractivity contribution in [1.82, 2.24) is 15.5 Å². The van der Waals surface area contributed by atoms with Gasteiger partial charge >= 0.3 is 6.01 Å². The van der Waals surface area contributed by atoms with Crippen LogP contribution in [0.5, 0.6) is 0 Å². The van der Waals surface area contributed by atoms with E-state index in [1.807, 2.05) is 0 Å². The van der Waals surface area contributed by atoms with Crippen LogP contribution in [0.25, 0.3) is 0 Å². The minimum atomic E-state index is -3.84. The Morgan fingerprint density at radius 3 is 2.71 bits per heavy atom. The van der Waals surface area contributed by atoms with Crippen LogP contribution < -0.4 is 10.0 Å². The summed E-state index contributed by atoms with van der Waals surface area (Å²) in [6.07, 6.45) is 1.94. The molecule has 0 bridgehead atoms. The molecule has 0 saturated carbocycles. The minimum Gasteiger partial charge on any atom is -0.406 e. The second-order valence-electron chi connectivity index (χ2n) is 5.27. The van der Waals surface area contributed by atoms with E-state index >= 15 is 0 Å². The molecule has 11 heteroatoms. The molecular weight excluding hydrogens is 320 g/mol. The van der Waals surface area contributed by atoms with Crippen LogP contribution in [0.15, 0.2) is 4.42 Å². The number of hydrogen-bond donors (Lipinski definition) is 2. The lowest BCUT2D eigenvalue weighted by Gasteiger charge is -2.09. The van der Waals surface area contributed by atoms with Crippen molar-refractivity contribution in [3.05, 3.63) is 5.89 Å². The van der Waals surface area contributed by atoms with Crippen LogP contribution >= 0.6 is 0 Å². The minimum absolute atomic E-state index is 0.0531. The fourth-order valence-electron chi connectivity index (χ4n) is 2.52. The SMILES string of the molecule is O=S1(=O)CCC(S(=O)(=O)Nc2nnc(C3CCCN3)o2)C1. The van der Waals surface area contributed by atoms with Gasteiger partial charge in [-0.15, -0.1) is 5.10 Å². The lowest BCUT2D eigenvalue weighted by atomic mass is 10.2. The van der Waals surface area contributed by atoms with Crippen LogP contribution in [0.3, 0.4) is 0 Å². The Labute approximate surface area is 122 Å². The third-order valence-corrected chi connectivity index (χ3v) is 7.38. The summed E-state index contributed by atoms with van der Waals surface area (Å²) >= 11 is 0. The zero-order valence-corrected chi connectivity index (χ0v) is 12.8. The van der Waals surface area contributed by atoms with Crippen LogP contribution in [0.1, 0.15) is 31.2 Å². The number of hydrogen-bond acceptors (Lipinski definition) is 8. The lowest BCUT2D eigenvalue weighted by Crippen LogP contribution is -2.29. The maximum Gasteiger partial charge on any atom is 0.329 e. The predicted octanol–water partition coefficient (Wildman–Crippen LogP) is -0.577. The highest BCUT2D eigenvalue weighted by atomic mass is 32.2. The normalized spacial score (nSPS) is 28.8. The van der Waals surface area contributed by atoms with Crippen molar-refractivity contribution in [2.75, 3.05) is 22.8 Å². The molecule has 9 nitrogen and oxygen atoms in total. The molecule has 3 heterocycles. The van der Waals surface area contributed by atoms with Crippen molar-refractivity contribution < 1.29 is 21.3 Å². The van der Waals surface area contributed by atoms with E-state index in [2.05, 4.69) is 20.2 Å². The van der Waals surface area contributed by atoms with Gasteiger partial charge in [0.2, 0.25) is 15.9 Å². The summed E-state index contributed by atoms with van der Waals surface area (Å²) in [4.78, 5) is 0. The zero-order chi connectivity index (χ0) is 15.1. The molecule has 2 atom stereocenters. The Morgan fingerprint density at radius 2 is 2.10 bits per heavy atom. The number of nitrogens with zero attached hydrogens (tertiary/aromatic N) is 2. The van der Waals surface area contributed by atoms with Gasteiger partial charge in [0.1, 0.15) is 0 Å². The molecule has 0 aromatic carbocycles. The lowest BCUT2D eigenvalue weighted by molar-refractivity contribution is 0.439. The number of nitrogens with one attached hydrogen (secondary N) is 2. The summed E-state index contributed by atoms with van der Waals surface area (Å²) < 4.78 is 54.4. The molecule has 118 valence electrons. The zero-order valence-electron chi connectivity index (χ0n) is 11.1. The predicted molar refractivity (Wildman–Crippen MR) is 73.9 cm³/mol. The first-order chi connectivity index (χ1) is 9.86. The molecule has 2 unspecified atom stereocenters. The van der Waals surface area contributed by atoms with E-state index < -0.39 is 25.1 Å². The molecule has 0 radical (unpaired) electrons. The Hall–Kier alpha value is -1.20. The van der Waals surface area contributed by atoms with Gasteiger partial charge in [0.05, 0.1) is 22.8 Å². The maximum absolute atomic E-state index is 12.1. The number of sulfone groups is 1. The van der Waals surface area contributed by atoms with Gasteiger partial charge in [0.25, 0.3) is 0 Å². The van der Waals surface area contributed by atoms with Crippen LogP contribution in [-0.2, 0) is 19.9 Å². The molecule has 2 fully saturated rings. The van der Waals surface area contributed by atoms with E-state index in [1.54, 1.807) is 0 Å². The van der Waals surface area contributed by atoms with Gasteiger partial charge in [0, 0.05) is 0 Å². The van der Waals surface area contributed by atoms with Crippen LogP contribution in [0.2, 0.25) is 0 Å². The monoisotopic (exact) mass is 336 g/mol.